The first-order valence-corrected chi connectivity index (χ1v) is 9.34. The fourth-order valence-electron chi connectivity index (χ4n) is 4.05. The van der Waals surface area contributed by atoms with E-state index in [1.807, 2.05) is 11.9 Å². The van der Waals surface area contributed by atoms with Crippen LogP contribution < -0.4 is 14.4 Å². The maximum absolute atomic E-state index is 12.9. The van der Waals surface area contributed by atoms with Gasteiger partial charge < -0.3 is 19.3 Å². The highest BCUT2D eigenvalue weighted by atomic mass is 16.5. The Kier molecular flexibility index (Phi) is 5.69. The molecule has 0 bridgehead atoms. The molecule has 1 aliphatic carbocycles. The van der Waals surface area contributed by atoms with Crippen molar-refractivity contribution in [1.82, 2.24) is 4.90 Å². The molecule has 1 aromatic rings. The second kappa shape index (κ2) is 7.98. The minimum Gasteiger partial charge on any atom is -0.497 e. The molecule has 6 heteroatoms. The normalized spacial score (nSPS) is 21.0. The predicted octanol–water partition coefficient (Wildman–Crippen LogP) is 2.85. The average molecular weight is 360 g/mol. The molecule has 2 amide bonds. The van der Waals surface area contributed by atoms with E-state index in [1.54, 1.807) is 37.3 Å². The Balaban J connectivity index is 1.75. The van der Waals surface area contributed by atoms with Crippen molar-refractivity contribution in [3.8, 4) is 11.5 Å². The van der Waals surface area contributed by atoms with Crippen molar-refractivity contribution >= 4 is 17.5 Å². The molecule has 1 aliphatic heterocycles. The van der Waals surface area contributed by atoms with E-state index < -0.39 is 0 Å². The molecule has 2 fully saturated rings. The van der Waals surface area contributed by atoms with Crippen LogP contribution in [0.25, 0.3) is 0 Å². The molecule has 0 aromatic heterocycles. The Morgan fingerprint density at radius 2 is 1.88 bits per heavy atom. The third kappa shape index (κ3) is 3.64. The number of hydrogen-bond acceptors (Lipinski definition) is 4. The monoisotopic (exact) mass is 360 g/mol. The third-order valence-electron chi connectivity index (χ3n) is 5.62. The fraction of sp³-hybridized carbons (Fsp3) is 0.600. The van der Waals surface area contributed by atoms with Gasteiger partial charge in [0.15, 0.2) is 0 Å². The molecule has 0 N–H and O–H groups in total. The SMILES string of the molecule is COc1ccc(OC)c(N2C[C@@H](C(=O)N(C)C3CCCCC3)CC2=O)c1. The molecule has 6 nitrogen and oxygen atoms in total. The lowest BCUT2D eigenvalue weighted by molar-refractivity contribution is -0.137. The van der Waals surface area contributed by atoms with Crippen LogP contribution in [0.2, 0.25) is 0 Å². The van der Waals surface area contributed by atoms with Crippen LogP contribution in [-0.4, -0.2) is 50.6 Å². The van der Waals surface area contributed by atoms with Crippen LogP contribution >= 0.6 is 0 Å². The second-order valence-electron chi connectivity index (χ2n) is 7.18. The van der Waals surface area contributed by atoms with Gasteiger partial charge in [-0.15, -0.1) is 0 Å². The molecule has 1 saturated heterocycles. The quantitative estimate of drug-likeness (QED) is 0.810. The highest BCUT2D eigenvalue weighted by molar-refractivity contribution is 6.01. The topological polar surface area (TPSA) is 59.1 Å². The number of carbonyl (C=O) groups excluding carboxylic acids is 2. The van der Waals surface area contributed by atoms with Crippen LogP contribution in [-0.2, 0) is 9.59 Å². The van der Waals surface area contributed by atoms with Crippen molar-refractivity contribution in [3.05, 3.63) is 18.2 Å². The number of benzene rings is 1. The van der Waals surface area contributed by atoms with Crippen LogP contribution in [0.15, 0.2) is 18.2 Å². The van der Waals surface area contributed by atoms with E-state index in [2.05, 4.69) is 0 Å². The molecule has 0 radical (unpaired) electrons. The van der Waals surface area contributed by atoms with E-state index in [0.717, 1.165) is 12.8 Å². The number of hydrogen-bond donors (Lipinski definition) is 0. The molecule has 1 aromatic carbocycles. The molecular weight excluding hydrogens is 332 g/mol. The minimum atomic E-state index is -0.301. The number of nitrogens with zero attached hydrogens (tertiary/aromatic N) is 2. The zero-order valence-electron chi connectivity index (χ0n) is 15.9. The highest BCUT2D eigenvalue weighted by Gasteiger charge is 2.39. The van der Waals surface area contributed by atoms with Crippen molar-refractivity contribution in [2.75, 3.05) is 32.7 Å². The zero-order valence-corrected chi connectivity index (χ0v) is 15.9. The Morgan fingerprint density at radius 1 is 1.15 bits per heavy atom. The maximum Gasteiger partial charge on any atom is 0.228 e. The van der Waals surface area contributed by atoms with Crippen molar-refractivity contribution in [2.45, 2.75) is 44.6 Å². The summed E-state index contributed by atoms with van der Waals surface area (Å²) in [6.45, 7) is 0.387. The zero-order chi connectivity index (χ0) is 18.7. The van der Waals surface area contributed by atoms with E-state index in [0.29, 0.717) is 29.8 Å². The Hall–Kier alpha value is -2.24. The summed E-state index contributed by atoms with van der Waals surface area (Å²) in [5, 5.41) is 0. The number of amides is 2. The number of ether oxygens (including phenoxy) is 2. The van der Waals surface area contributed by atoms with Crippen LogP contribution in [0.1, 0.15) is 38.5 Å². The van der Waals surface area contributed by atoms with Crippen molar-refractivity contribution in [2.24, 2.45) is 5.92 Å². The summed E-state index contributed by atoms with van der Waals surface area (Å²) >= 11 is 0. The van der Waals surface area contributed by atoms with Gasteiger partial charge in [0, 0.05) is 32.1 Å². The van der Waals surface area contributed by atoms with Crippen molar-refractivity contribution in [3.63, 3.8) is 0 Å². The number of methoxy groups -OCH3 is 2. The first-order valence-electron chi connectivity index (χ1n) is 9.34. The van der Waals surface area contributed by atoms with Gasteiger partial charge in [0.05, 0.1) is 25.8 Å². The van der Waals surface area contributed by atoms with Crippen LogP contribution in [0, 0.1) is 5.92 Å². The Bertz CT molecular complexity index is 670. The standard InChI is InChI=1S/C20H28N2O4/c1-21(15-7-5-4-6-8-15)20(24)14-11-19(23)22(13-14)17-12-16(25-2)9-10-18(17)26-3/h9-10,12,14-15H,4-8,11,13H2,1-3H3/t14-/m0/s1. The largest absolute Gasteiger partial charge is 0.497 e. The van der Waals surface area contributed by atoms with E-state index in [9.17, 15) is 9.59 Å². The summed E-state index contributed by atoms with van der Waals surface area (Å²) in [6, 6.07) is 5.67. The van der Waals surface area contributed by atoms with Gasteiger partial charge >= 0.3 is 0 Å². The summed E-state index contributed by atoms with van der Waals surface area (Å²) in [6.07, 6.45) is 5.99. The first-order chi connectivity index (χ1) is 12.5. The van der Waals surface area contributed by atoms with Crippen LogP contribution in [0.3, 0.4) is 0 Å². The van der Waals surface area contributed by atoms with E-state index in [1.165, 1.54) is 19.3 Å². The summed E-state index contributed by atoms with van der Waals surface area (Å²) in [5.74, 6) is 0.988. The molecule has 1 atom stereocenters. The average Bonchev–Trinajstić information content (AvgIpc) is 3.08. The van der Waals surface area contributed by atoms with Gasteiger partial charge in [0.25, 0.3) is 0 Å². The van der Waals surface area contributed by atoms with Gasteiger partial charge in [0.1, 0.15) is 11.5 Å². The molecule has 0 unspecified atom stereocenters. The van der Waals surface area contributed by atoms with Crippen LogP contribution in [0.4, 0.5) is 5.69 Å². The van der Waals surface area contributed by atoms with Gasteiger partial charge in [-0.1, -0.05) is 19.3 Å². The van der Waals surface area contributed by atoms with E-state index >= 15 is 0 Å². The molecule has 26 heavy (non-hydrogen) atoms. The molecule has 0 spiro atoms. The fourth-order valence-corrected chi connectivity index (χ4v) is 4.05. The van der Waals surface area contributed by atoms with Crippen molar-refractivity contribution < 1.29 is 19.1 Å². The lowest BCUT2D eigenvalue weighted by Gasteiger charge is -2.32. The lowest BCUT2D eigenvalue weighted by Crippen LogP contribution is -2.42. The summed E-state index contributed by atoms with van der Waals surface area (Å²) < 4.78 is 10.7. The number of carbonyl (C=O) groups is 2. The van der Waals surface area contributed by atoms with Gasteiger partial charge in [0.2, 0.25) is 11.8 Å². The molecular formula is C20H28N2O4. The lowest BCUT2D eigenvalue weighted by atomic mass is 9.93. The van der Waals surface area contributed by atoms with Crippen LogP contribution in [0.5, 0.6) is 11.5 Å². The first kappa shape index (κ1) is 18.5. The van der Waals surface area contributed by atoms with Crippen molar-refractivity contribution in [1.29, 1.82) is 0 Å². The molecule has 1 saturated carbocycles. The molecule has 3 rings (SSSR count). The summed E-state index contributed by atoms with van der Waals surface area (Å²) in [5.41, 5.74) is 0.660. The number of rotatable bonds is 5. The van der Waals surface area contributed by atoms with Gasteiger partial charge in [-0.05, 0) is 25.0 Å². The molecule has 142 valence electrons. The van der Waals surface area contributed by atoms with Gasteiger partial charge in [-0.3, -0.25) is 9.59 Å². The van der Waals surface area contributed by atoms with E-state index in [4.69, 9.17) is 9.47 Å². The number of anilines is 1. The molecule has 2 aliphatic rings. The predicted molar refractivity (Wildman–Crippen MR) is 99.6 cm³/mol. The maximum atomic E-state index is 12.9. The molecule has 1 heterocycles. The highest BCUT2D eigenvalue weighted by Crippen LogP contribution is 2.36. The van der Waals surface area contributed by atoms with Gasteiger partial charge in [-0.2, -0.15) is 0 Å². The summed E-state index contributed by atoms with van der Waals surface area (Å²) in [4.78, 5) is 29.1. The van der Waals surface area contributed by atoms with E-state index in [-0.39, 0.29) is 24.2 Å². The Morgan fingerprint density at radius 3 is 2.54 bits per heavy atom. The Labute approximate surface area is 155 Å². The summed E-state index contributed by atoms with van der Waals surface area (Å²) in [7, 11) is 5.05. The minimum absolute atomic E-state index is 0.0491. The smallest absolute Gasteiger partial charge is 0.228 e. The van der Waals surface area contributed by atoms with Gasteiger partial charge in [-0.25, -0.2) is 0 Å². The third-order valence-corrected chi connectivity index (χ3v) is 5.62. The second-order valence-corrected chi connectivity index (χ2v) is 7.18.